The van der Waals surface area contributed by atoms with Crippen molar-refractivity contribution in [3.05, 3.63) is 0 Å². The maximum atomic E-state index is 9.27. The summed E-state index contributed by atoms with van der Waals surface area (Å²) < 4.78 is 0. The molecule has 2 nitrogen and oxygen atoms in total. The van der Waals surface area contributed by atoms with Gasteiger partial charge in [0.15, 0.2) is 0 Å². The highest BCUT2D eigenvalue weighted by Gasteiger charge is 2.34. The van der Waals surface area contributed by atoms with E-state index in [1.165, 1.54) is 12.8 Å². The molecule has 1 rings (SSSR count). The topological polar surface area (TPSA) is 23.5 Å². The van der Waals surface area contributed by atoms with Crippen LogP contribution >= 0.6 is 0 Å². The molecule has 13 heavy (non-hydrogen) atoms. The second-order valence-electron chi connectivity index (χ2n) is 5.66. The van der Waals surface area contributed by atoms with Crippen LogP contribution in [0, 0.1) is 5.41 Å². The van der Waals surface area contributed by atoms with E-state index in [0.29, 0.717) is 5.41 Å². The minimum Gasteiger partial charge on any atom is -0.394 e. The summed E-state index contributed by atoms with van der Waals surface area (Å²) in [5.41, 5.74) is 0.377. The second-order valence-corrected chi connectivity index (χ2v) is 5.66. The number of rotatable bonds is 2. The lowest BCUT2D eigenvalue weighted by Crippen LogP contribution is -2.53. The molecule has 0 aromatic rings. The number of likely N-dealkylation sites (tertiary alicyclic amines) is 1. The Hall–Kier alpha value is -0.0800. The van der Waals surface area contributed by atoms with Gasteiger partial charge in [-0.05, 0) is 38.6 Å². The standard InChI is InChI=1S/C11H23NO/c1-10(2)6-5-7-12(8-10)11(3,4)9-13/h13H,5-9H2,1-4H3. The van der Waals surface area contributed by atoms with E-state index in [1.54, 1.807) is 0 Å². The molecule has 78 valence electrons. The molecule has 0 radical (unpaired) electrons. The summed E-state index contributed by atoms with van der Waals surface area (Å²) in [6, 6.07) is 0. The third kappa shape index (κ3) is 2.68. The van der Waals surface area contributed by atoms with Gasteiger partial charge >= 0.3 is 0 Å². The number of hydrogen-bond donors (Lipinski definition) is 1. The Balaban J connectivity index is 2.61. The van der Waals surface area contributed by atoms with Crippen molar-refractivity contribution >= 4 is 0 Å². The van der Waals surface area contributed by atoms with E-state index >= 15 is 0 Å². The lowest BCUT2D eigenvalue weighted by Gasteiger charge is -2.46. The molecule has 1 aliphatic heterocycles. The van der Waals surface area contributed by atoms with Crippen LogP contribution in [0.5, 0.6) is 0 Å². The number of aliphatic hydroxyl groups is 1. The largest absolute Gasteiger partial charge is 0.394 e. The van der Waals surface area contributed by atoms with Gasteiger partial charge in [-0.1, -0.05) is 13.8 Å². The molecule has 1 aliphatic rings. The van der Waals surface area contributed by atoms with Crippen LogP contribution in [0.15, 0.2) is 0 Å². The molecule has 0 aromatic carbocycles. The maximum absolute atomic E-state index is 9.27. The molecule has 0 bridgehead atoms. The van der Waals surface area contributed by atoms with Crippen molar-refractivity contribution in [3.8, 4) is 0 Å². The molecule has 0 amide bonds. The Bertz CT molecular complexity index is 175. The fraction of sp³-hybridized carbons (Fsp3) is 1.00. The second kappa shape index (κ2) is 3.58. The maximum Gasteiger partial charge on any atom is 0.0610 e. The fourth-order valence-corrected chi connectivity index (χ4v) is 2.04. The summed E-state index contributed by atoms with van der Waals surface area (Å²) in [6.07, 6.45) is 2.57. The highest BCUT2D eigenvalue weighted by molar-refractivity contribution is 4.88. The van der Waals surface area contributed by atoms with E-state index in [4.69, 9.17) is 0 Å². The van der Waals surface area contributed by atoms with E-state index in [-0.39, 0.29) is 12.1 Å². The predicted octanol–water partition coefficient (Wildman–Crippen LogP) is 1.88. The molecule has 1 saturated heterocycles. The number of aliphatic hydroxyl groups excluding tert-OH is 1. The van der Waals surface area contributed by atoms with Crippen LogP contribution in [0.25, 0.3) is 0 Å². The van der Waals surface area contributed by atoms with Gasteiger partial charge in [0.1, 0.15) is 0 Å². The normalized spacial score (nSPS) is 24.7. The predicted molar refractivity (Wildman–Crippen MR) is 55.8 cm³/mol. The number of hydrogen-bond acceptors (Lipinski definition) is 2. The molecule has 1 N–H and O–H groups in total. The van der Waals surface area contributed by atoms with Gasteiger partial charge in [0.2, 0.25) is 0 Å². The Kier molecular flexibility index (Phi) is 3.03. The van der Waals surface area contributed by atoms with Crippen LogP contribution in [0.3, 0.4) is 0 Å². The van der Waals surface area contributed by atoms with Gasteiger partial charge < -0.3 is 5.11 Å². The van der Waals surface area contributed by atoms with E-state index in [9.17, 15) is 5.11 Å². The minimum absolute atomic E-state index is 0.0440. The van der Waals surface area contributed by atoms with E-state index in [0.717, 1.165) is 13.1 Å². The monoisotopic (exact) mass is 185 g/mol. The number of nitrogens with zero attached hydrogens (tertiary/aromatic N) is 1. The van der Waals surface area contributed by atoms with Gasteiger partial charge in [-0.2, -0.15) is 0 Å². The van der Waals surface area contributed by atoms with E-state index < -0.39 is 0 Å². The van der Waals surface area contributed by atoms with E-state index in [2.05, 4.69) is 32.6 Å². The average Bonchev–Trinajstić information content (AvgIpc) is 2.03. The summed E-state index contributed by atoms with van der Waals surface area (Å²) in [4.78, 5) is 2.41. The molecule has 1 fully saturated rings. The number of piperidine rings is 1. The molecule has 0 saturated carbocycles. The molecule has 0 atom stereocenters. The SMILES string of the molecule is CC1(C)CCCN(C(C)(C)CO)C1. The first-order valence-electron chi connectivity index (χ1n) is 5.23. The van der Waals surface area contributed by atoms with Gasteiger partial charge in [0, 0.05) is 12.1 Å². The summed E-state index contributed by atoms with van der Waals surface area (Å²) in [5, 5.41) is 9.27. The highest BCUT2D eigenvalue weighted by Crippen LogP contribution is 2.31. The smallest absolute Gasteiger partial charge is 0.0610 e. The molecular weight excluding hydrogens is 162 g/mol. The average molecular weight is 185 g/mol. The summed E-state index contributed by atoms with van der Waals surface area (Å²) in [7, 11) is 0. The van der Waals surface area contributed by atoms with Crippen LogP contribution in [-0.2, 0) is 0 Å². The first-order valence-corrected chi connectivity index (χ1v) is 5.23. The van der Waals surface area contributed by atoms with Gasteiger partial charge in [-0.3, -0.25) is 4.90 Å². The van der Waals surface area contributed by atoms with Crippen molar-refractivity contribution in [3.63, 3.8) is 0 Å². The minimum atomic E-state index is -0.0440. The third-order valence-corrected chi connectivity index (χ3v) is 3.14. The molecule has 0 aliphatic carbocycles. The zero-order valence-electron chi connectivity index (χ0n) is 9.43. The van der Waals surface area contributed by atoms with Gasteiger partial charge in [0.25, 0.3) is 0 Å². The quantitative estimate of drug-likeness (QED) is 0.710. The van der Waals surface area contributed by atoms with Gasteiger partial charge in [-0.15, -0.1) is 0 Å². The van der Waals surface area contributed by atoms with Crippen molar-refractivity contribution in [2.75, 3.05) is 19.7 Å². The molecule has 1 heterocycles. The van der Waals surface area contributed by atoms with Crippen LogP contribution in [0.2, 0.25) is 0 Å². The van der Waals surface area contributed by atoms with Crippen molar-refractivity contribution in [1.29, 1.82) is 0 Å². The van der Waals surface area contributed by atoms with Crippen molar-refractivity contribution < 1.29 is 5.11 Å². The zero-order chi connectivity index (χ0) is 10.1. The van der Waals surface area contributed by atoms with Crippen LogP contribution < -0.4 is 0 Å². The van der Waals surface area contributed by atoms with Crippen molar-refractivity contribution in [1.82, 2.24) is 4.90 Å². The lowest BCUT2D eigenvalue weighted by molar-refractivity contribution is 0.00149. The third-order valence-electron chi connectivity index (χ3n) is 3.14. The molecule has 2 heteroatoms. The van der Waals surface area contributed by atoms with E-state index in [1.807, 2.05) is 0 Å². The molecule has 0 spiro atoms. The van der Waals surface area contributed by atoms with Crippen LogP contribution in [0.1, 0.15) is 40.5 Å². The van der Waals surface area contributed by atoms with Crippen molar-refractivity contribution in [2.24, 2.45) is 5.41 Å². The van der Waals surface area contributed by atoms with Crippen molar-refractivity contribution in [2.45, 2.75) is 46.1 Å². The summed E-state index contributed by atoms with van der Waals surface area (Å²) in [5.74, 6) is 0. The van der Waals surface area contributed by atoms with Crippen LogP contribution in [-0.4, -0.2) is 35.2 Å². The molecular formula is C11H23NO. The lowest BCUT2D eigenvalue weighted by atomic mass is 9.82. The Morgan fingerprint density at radius 2 is 2.00 bits per heavy atom. The van der Waals surface area contributed by atoms with Gasteiger partial charge in [-0.25, -0.2) is 0 Å². The summed E-state index contributed by atoms with van der Waals surface area (Å²) in [6.45, 7) is 11.4. The highest BCUT2D eigenvalue weighted by atomic mass is 16.3. The Morgan fingerprint density at radius 1 is 1.38 bits per heavy atom. The van der Waals surface area contributed by atoms with Gasteiger partial charge in [0.05, 0.1) is 6.61 Å². The Labute approximate surface area is 81.9 Å². The fourth-order valence-electron chi connectivity index (χ4n) is 2.04. The van der Waals surface area contributed by atoms with Crippen LogP contribution in [0.4, 0.5) is 0 Å². The zero-order valence-corrected chi connectivity index (χ0v) is 9.43. The molecule has 0 aromatic heterocycles. The summed E-state index contributed by atoms with van der Waals surface area (Å²) >= 11 is 0. The molecule has 0 unspecified atom stereocenters. The Morgan fingerprint density at radius 3 is 2.46 bits per heavy atom. The first-order chi connectivity index (χ1) is 5.87. The first kappa shape index (κ1) is 11.0.